The van der Waals surface area contributed by atoms with Gasteiger partial charge in [0.15, 0.2) is 5.82 Å². The minimum atomic E-state index is -0.776. The molecule has 13 heteroatoms. The SMILES string of the molecule is C#Cc1c(F)ccc2cc(O)cc(-c3ncc4c5nc(nc4c3F)OC[C@@]34CCCN3C[C@H](C4)OCCC(=O)NCC3CN5C[C@H](CC)N3)c12. The average molecular weight is 684 g/mol. The second kappa shape index (κ2) is 12.9. The number of amides is 1. The first-order chi connectivity index (χ1) is 24.2. The van der Waals surface area contributed by atoms with Crippen LogP contribution < -0.4 is 20.3 Å². The lowest BCUT2D eigenvalue weighted by molar-refractivity contribution is -0.122. The molecule has 1 spiro atoms. The van der Waals surface area contributed by atoms with Gasteiger partial charge in [0.25, 0.3) is 0 Å². The minimum absolute atomic E-state index is 0.0205. The highest BCUT2D eigenvalue weighted by atomic mass is 19.1. The van der Waals surface area contributed by atoms with E-state index in [2.05, 4.69) is 43.2 Å². The maximum absolute atomic E-state index is 17.0. The van der Waals surface area contributed by atoms with E-state index in [1.165, 1.54) is 30.5 Å². The molecular weight excluding hydrogens is 644 g/mol. The number of aromatic nitrogens is 3. The molecule has 3 fully saturated rings. The van der Waals surface area contributed by atoms with Gasteiger partial charge in [-0.2, -0.15) is 9.97 Å². The summed E-state index contributed by atoms with van der Waals surface area (Å²) in [7, 11) is 0. The van der Waals surface area contributed by atoms with Crippen molar-refractivity contribution in [3.05, 3.63) is 47.7 Å². The second-order valence-corrected chi connectivity index (χ2v) is 13.9. The van der Waals surface area contributed by atoms with Crippen molar-refractivity contribution in [2.24, 2.45) is 0 Å². The van der Waals surface area contributed by atoms with Crippen LogP contribution in [0.4, 0.5) is 14.6 Å². The molecule has 4 aliphatic heterocycles. The van der Waals surface area contributed by atoms with Gasteiger partial charge in [-0.15, -0.1) is 6.42 Å². The van der Waals surface area contributed by atoms with Gasteiger partial charge in [0.1, 0.15) is 35.2 Å². The van der Waals surface area contributed by atoms with Crippen molar-refractivity contribution in [3.8, 4) is 35.4 Å². The lowest BCUT2D eigenvalue weighted by Crippen LogP contribution is -2.60. The quantitative estimate of drug-likeness (QED) is 0.268. The third-order valence-electron chi connectivity index (χ3n) is 10.7. The first kappa shape index (κ1) is 32.6. The number of nitrogens with one attached hydrogen (secondary N) is 2. The van der Waals surface area contributed by atoms with Crippen LogP contribution in [0.25, 0.3) is 32.9 Å². The van der Waals surface area contributed by atoms with Crippen LogP contribution in [0.5, 0.6) is 11.8 Å². The Labute approximate surface area is 288 Å². The van der Waals surface area contributed by atoms with Gasteiger partial charge in [-0.3, -0.25) is 14.7 Å². The van der Waals surface area contributed by atoms with Crippen LogP contribution in [0.3, 0.4) is 0 Å². The lowest BCUT2D eigenvalue weighted by atomic mass is 9.94. The Morgan fingerprint density at radius 2 is 2.08 bits per heavy atom. The number of carbonyl (C=O) groups excluding carboxylic acids is 1. The molecule has 1 unspecified atom stereocenters. The van der Waals surface area contributed by atoms with E-state index >= 15 is 4.39 Å². The first-order valence-corrected chi connectivity index (χ1v) is 17.3. The number of terminal acetylenes is 1. The molecule has 8 rings (SSSR count). The first-order valence-electron chi connectivity index (χ1n) is 17.3. The van der Waals surface area contributed by atoms with Gasteiger partial charge in [-0.25, -0.2) is 8.78 Å². The van der Waals surface area contributed by atoms with E-state index in [0.717, 1.165) is 38.8 Å². The molecule has 6 bridgehead atoms. The van der Waals surface area contributed by atoms with Crippen LogP contribution in [0, 0.1) is 24.0 Å². The van der Waals surface area contributed by atoms with E-state index in [-0.39, 0.29) is 75.5 Å². The summed E-state index contributed by atoms with van der Waals surface area (Å²) in [6.45, 7) is 5.82. The third-order valence-corrected chi connectivity index (χ3v) is 10.7. The molecule has 4 aliphatic rings. The Hall–Kier alpha value is -4.64. The number of piperazine rings is 1. The van der Waals surface area contributed by atoms with Crippen molar-refractivity contribution in [1.29, 1.82) is 0 Å². The predicted molar refractivity (Wildman–Crippen MR) is 184 cm³/mol. The highest BCUT2D eigenvalue weighted by Crippen LogP contribution is 2.42. The van der Waals surface area contributed by atoms with Gasteiger partial charge in [-0.1, -0.05) is 18.9 Å². The van der Waals surface area contributed by atoms with Crippen LogP contribution in [0.15, 0.2) is 30.5 Å². The number of hydrogen-bond acceptors (Lipinski definition) is 10. The summed E-state index contributed by atoms with van der Waals surface area (Å²) in [4.78, 5) is 31.4. The number of anilines is 1. The normalized spacial score (nSPS) is 25.9. The number of ether oxygens (including phenoxy) is 2. The van der Waals surface area contributed by atoms with Gasteiger partial charge in [0.2, 0.25) is 5.91 Å². The maximum Gasteiger partial charge on any atom is 0.319 e. The van der Waals surface area contributed by atoms with Crippen LogP contribution in [0.2, 0.25) is 0 Å². The summed E-state index contributed by atoms with van der Waals surface area (Å²) in [6.07, 6.45) is 11.0. The van der Waals surface area contributed by atoms with Gasteiger partial charge >= 0.3 is 6.01 Å². The molecule has 0 saturated carbocycles. The molecule has 2 aromatic carbocycles. The topological polar surface area (TPSA) is 125 Å². The number of carbonyl (C=O) groups is 1. The summed E-state index contributed by atoms with van der Waals surface area (Å²) in [5, 5.41) is 18.4. The van der Waals surface area contributed by atoms with Crippen molar-refractivity contribution >= 4 is 33.4 Å². The number of nitrogens with zero attached hydrogens (tertiary/aromatic N) is 5. The molecule has 0 aliphatic carbocycles. The lowest BCUT2D eigenvalue weighted by Gasteiger charge is -2.40. The van der Waals surface area contributed by atoms with Crippen molar-refractivity contribution in [2.45, 2.75) is 62.8 Å². The van der Waals surface area contributed by atoms with Gasteiger partial charge in [0.05, 0.1) is 29.2 Å². The van der Waals surface area contributed by atoms with Crippen LogP contribution in [0.1, 0.15) is 44.6 Å². The molecule has 0 radical (unpaired) electrons. The Balaban J connectivity index is 1.28. The molecule has 1 amide bonds. The second-order valence-electron chi connectivity index (χ2n) is 13.9. The number of pyridine rings is 1. The molecule has 2 aromatic heterocycles. The van der Waals surface area contributed by atoms with Gasteiger partial charge in [-0.05, 0) is 55.8 Å². The molecule has 6 heterocycles. The number of rotatable bonds is 2. The number of benzene rings is 2. The zero-order valence-electron chi connectivity index (χ0n) is 27.8. The number of phenols is 1. The molecule has 3 saturated heterocycles. The molecular formula is C37H39F2N7O4. The molecule has 4 aromatic rings. The molecule has 11 nitrogen and oxygen atoms in total. The fourth-order valence-electron chi connectivity index (χ4n) is 8.28. The van der Waals surface area contributed by atoms with Crippen LogP contribution in [-0.4, -0.2) is 101 Å². The van der Waals surface area contributed by atoms with E-state index in [1.54, 1.807) is 0 Å². The Kier molecular flexibility index (Phi) is 8.41. The van der Waals surface area contributed by atoms with Crippen LogP contribution >= 0.6 is 0 Å². The Morgan fingerprint density at radius 3 is 2.92 bits per heavy atom. The van der Waals surface area contributed by atoms with Gasteiger partial charge in [0, 0.05) is 61.8 Å². The van der Waals surface area contributed by atoms with Crippen molar-refractivity contribution in [3.63, 3.8) is 0 Å². The highest BCUT2D eigenvalue weighted by molar-refractivity contribution is 6.03. The monoisotopic (exact) mass is 683 g/mol. The van der Waals surface area contributed by atoms with E-state index in [1.807, 2.05) is 0 Å². The van der Waals surface area contributed by atoms with E-state index in [4.69, 9.17) is 20.9 Å². The van der Waals surface area contributed by atoms with E-state index in [0.29, 0.717) is 49.4 Å². The molecule has 3 N–H and O–H groups in total. The summed E-state index contributed by atoms with van der Waals surface area (Å²) >= 11 is 0. The largest absolute Gasteiger partial charge is 0.508 e. The van der Waals surface area contributed by atoms with E-state index in [9.17, 15) is 14.3 Å². The summed E-state index contributed by atoms with van der Waals surface area (Å²) in [5.41, 5.74) is -0.364. The van der Waals surface area contributed by atoms with Crippen molar-refractivity contribution in [2.75, 3.05) is 50.8 Å². The average Bonchev–Trinajstić information content (AvgIpc) is 3.66. The summed E-state index contributed by atoms with van der Waals surface area (Å²) in [6, 6.07) is 5.48. The van der Waals surface area contributed by atoms with E-state index < -0.39 is 11.6 Å². The molecule has 260 valence electrons. The number of aromatic hydroxyl groups is 1. The predicted octanol–water partition coefficient (Wildman–Crippen LogP) is 3.89. The highest BCUT2D eigenvalue weighted by Gasteiger charge is 2.49. The number of hydrogen-bond donors (Lipinski definition) is 3. The Morgan fingerprint density at radius 1 is 1.20 bits per heavy atom. The van der Waals surface area contributed by atoms with Gasteiger partial charge < -0.3 is 30.1 Å². The number of phenolic OH excluding ortho intramolecular Hbond substituents is 1. The zero-order valence-corrected chi connectivity index (χ0v) is 27.8. The molecule has 4 atom stereocenters. The van der Waals surface area contributed by atoms with Crippen molar-refractivity contribution < 1.29 is 28.2 Å². The summed E-state index contributed by atoms with van der Waals surface area (Å²) < 4.78 is 44.6. The molecule has 50 heavy (non-hydrogen) atoms. The smallest absolute Gasteiger partial charge is 0.319 e. The third kappa shape index (κ3) is 5.75. The summed E-state index contributed by atoms with van der Waals surface area (Å²) in [5.74, 6) is 1.21. The maximum atomic E-state index is 17.0. The standard InChI is InChI=1S/C37H39F2N7O4/c1-3-22-17-45-18-23(42-22)15-40-30(48)8-11-49-25-14-37(9-5-10-46(37)19-25)20-50-36-43-34-28(35(45)44-36)16-41-33(32(34)39)27-13-24(47)12-21-6-7-29(38)26(4-2)31(21)27/h2,6-7,12-13,16,22-23,25,42,47H,3,5,8-11,14-15,17-20H2,1H3,(H,40,48)/t22-,23?,25-,37-/m0/s1. The van der Waals surface area contributed by atoms with Crippen molar-refractivity contribution in [1.82, 2.24) is 30.5 Å². The Bertz CT molecular complexity index is 2040. The number of fused-ring (bicyclic) bond motifs is 9. The van der Waals surface area contributed by atoms with Crippen LogP contribution in [-0.2, 0) is 9.53 Å². The number of halogens is 2. The fourth-order valence-corrected chi connectivity index (χ4v) is 8.28. The zero-order chi connectivity index (χ0) is 34.6. The minimum Gasteiger partial charge on any atom is -0.508 e. The fraction of sp³-hybridized carbons (Fsp3) is 0.459.